The molecule has 0 radical (unpaired) electrons. The van der Waals surface area contributed by atoms with Crippen LogP contribution < -0.4 is 10.1 Å². The van der Waals surface area contributed by atoms with Crippen LogP contribution in [-0.4, -0.2) is 36.2 Å². The molecular weight excluding hydrogens is 612 g/mol. The van der Waals surface area contributed by atoms with Gasteiger partial charge in [0.15, 0.2) is 17.2 Å². The summed E-state index contributed by atoms with van der Waals surface area (Å²) in [4.78, 5) is 13.8. The number of hydrogen-bond donors (Lipinski definition) is 1. The monoisotopic (exact) mass is 633 g/mol. The zero-order valence-electron chi connectivity index (χ0n) is 19.4. The first-order valence-corrected chi connectivity index (χ1v) is 15.4. The Balaban J connectivity index is 1.49. The van der Waals surface area contributed by atoms with E-state index in [1.807, 2.05) is 59.9 Å². The molecule has 0 spiro atoms. The number of ether oxygens (including phenoxy) is 2. The third kappa shape index (κ3) is 5.17. The molecule has 5 aromatic rings. The minimum absolute atomic E-state index is 0.350. The molecule has 0 aliphatic heterocycles. The van der Waals surface area contributed by atoms with Gasteiger partial charge in [0.1, 0.15) is 29.4 Å². The standard InChI is InChI=1S/C24H22ClIN7O2P/c1-32-14-27-23(31-32)16-9-6-10-17(22(16)34-2)28-18-11-19(25)29-24-21(18)30-20(33(24)36-26)13-35-12-15-7-4-3-5-8-15/h3-11,14,36H,12-13H2,1-2H3,(H,28,29). The summed E-state index contributed by atoms with van der Waals surface area (Å²) >= 11 is 8.75. The van der Waals surface area contributed by atoms with Gasteiger partial charge in [-0.3, -0.25) is 9.02 Å². The number of para-hydroxylation sites is 1. The molecule has 3 aromatic heterocycles. The maximum absolute atomic E-state index is 6.44. The topological polar surface area (TPSA) is 91.9 Å². The summed E-state index contributed by atoms with van der Waals surface area (Å²) in [5.41, 5.74) is 4.72. The fourth-order valence-electron chi connectivity index (χ4n) is 3.82. The zero-order valence-corrected chi connectivity index (χ0v) is 23.4. The number of imidazole rings is 1. The Hall–Kier alpha value is -2.79. The second kappa shape index (κ2) is 11.1. The largest absolute Gasteiger partial charge is 0.494 e. The molecule has 3 heterocycles. The first-order valence-electron chi connectivity index (χ1n) is 10.9. The van der Waals surface area contributed by atoms with Crippen molar-refractivity contribution in [2.45, 2.75) is 13.2 Å². The molecule has 0 bridgehead atoms. The van der Waals surface area contributed by atoms with Gasteiger partial charge in [-0.15, -0.1) is 0 Å². The molecule has 1 unspecified atom stereocenters. The number of methoxy groups -OCH3 is 1. The first kappa shape index (κ1) is 24.9. The van der Waals surface area contributed by atoms with Crippen LogP contribution in [-0.2, 0) is 25.0 Å². The van der Waals surface area contributed by atoms with Crippen LogP contribution in [0.5, 0.6) is 5.75 Å². The number of nitrogens with zero attached hydrogens (tertiary/aromatic N) is 6. The van der Waals surface area contributed by atoms with Crippen molar-refractivity contribution < 1.29 is 9.47 Å². The molecule has 5 rings (SSSR count). The third-order valence-corrected chi connectivity index (χ3v) is 7.69. The number of pyridine rings is 1. The highest BCUT2D eigenvalue weighted by molar-refractivity contribution is 14.2. The molecule has 1 atom stereocenters. The number of aryl methyl sites for hydroxylation is 1. The summed E-state index contributed by atoms with van der Waals surface area (Å²) < 4.78 is 15.4. The maximum Gasteiger partial charge on any atom is 0.184 e. The Labute approximate surface area is 227 Å². The molecule has 9 nitrogen and oxygen atoms in total. The number of benzene rings is 2. The van der Waals surface area contributed by atoms with Gasteiger partial charge >= 0.3 is 0 Å². The summed E-state index contributed by atoms with van der Waals surface area (Å²) in [6, 6.07) is 17.6. The van der Waals surface area contributed by atoms with Crippen molar-refractivity contribution in [3.05, 3.63) is 77.5 Å². The normalized spacial score (nSPS) is 11.6. The Morgan fingerprint density at radius 3 is 2.61 bits per heavy atom. The number of rotatable bonds is 9. The molecule has 1 N–H and O–H groups in total. The van der Waals surface area contributed by atoms with Crippen molar-refractivity contribution in [3.63, 3.8) is 0 Å². The molecule has 36 heavy (non-hydrogen) atoms. The number of fused-ring (bicyclic) bond motifs is 1. The van der Waals surface area contributed by atoms with E-state index in [2.05, 4.69) is 42.4 Å². The average molecular weight is 634 g/mol. The lowest BCUT2D eigenvalue weighted by Gasteiger charge is -2.14. The van der Waals surface area contributed by atoms with E-state index in [4.69, 9.17) is 26.1 Å². The van der Waals surface area contributed by atoms with Gasteiger partial charge in [-0.05, 0) is 39.7 Å². The van der Waals surface area contributed by atoms with E-state index < -0.39 is 0 Å². The summed E-state index contributed by atoms with van der Waals surface area (Å²) in [6.45, 7) is 0.849. The Morgan fingerprint density at radius 2 is 1.89 bits per heavy atom. The molecule has 2 aromatic carbocycles. The molecule has 12 heteroatoms. The molecule has 0 fully saturated rings. The quantitative estimate of drug-likeness (QED) is 0.118. The number of aromatic nitrogens is 6. The highest BCUT2D eigenvalue weighted by Crippen LogP contribution is 2.39. The van der Waals surface area contributed by atoms with Crippen LogP contribution >= 0.6 is 40.0 Å². The van der Waals surface area contributed by atoms with Crippen LogP contribution in [0.4, 0.5) is 11.4 Å². The van der Waals surface area contributed by atoms with E-state index >= 15 is 0 Å². The molecule has 184 valence electrons. The lowest BCUT2D eigenvalue weighted by atomic mass is 10.1. The SMILES string of the molecule is COc1c(Nc2cc(Cl)nc3c2nc(COCc2ccccc2)n3PI)cccc1-c1ncn(C)n1. The number of hydrogen-bond acceptors (Lipinski definition) is 7. The second-order valence-electron chi connectivity index (χ2n) is 7.84. The summed E-state index contributed by atoms with van der Waals surface area (Å²) in [5, 5.41) is 8.22. The van der Waals surface area contributed by atoms with Crippen molar-refractivity contribution in [3.8, 4) is 17.1 Å². The predicted octanol–water partition coefficient (Wildman–Crippen LogP) is 6.14. The highest BCUT2D eigenvalue weighted by Gasteiger charge is 2.19. The van der Waals surface area contributed by atoms with Gasteiger partial charge in [-0.25, -0.2) is 15.0 Å². The fourth-order valence-corrected chi connectivity index (χ4v) is 5.97. The second-order valence-corrected chi connectivity index (χ2v) is 10.3. The van der Waals surface area contributed by atoms with Gasteiger partial charge in [-0.2, -0.15) is 5.10 Å². The highest BCUT2D eigenvalue weighted by atomic mass is 127. The maximum atomic E-state index is 6.44. The van der Waals surface area contributed by atoms with Gasteiger partial charge in [-0.1, -0.05) is 48.0 Å². The lowest BCUT2D eigenvalue weighted by molar-refractivity contribution is 0.102. The summed E-state index contributed by atoms with van der Waals surface area (Å²) in [7, 11) is 3.45. The first-order chi connectivity index (χ1) is 17.6. The number of halogens is 2. The van der Waals surface area contributed by atoms with E-state index in [-0.39, 0.29) is 0 Å². The minimum atomic E-state index is 0.350. The van der Waals surface area contributed by atoms with Crippen molar-refractivity contribution in [2.75, 3.05) is 12.4 Å². The lowest BCUT2D eigenvalue weighted by Crippen LogP contribution is -1.99. The van der Waals surface area contributed by atoms with E-state index in [0.717, 1.165) is 22.6 Å². The predicted molar refractivity (Wildman–Crippen MR) is 151 cm³/mol. The van der Waals surface area contributed by atoms with E-state index in [1.54, 1.807) is 24.2 Å². The smallest absolute Gasteiger partial charge is 0.184 e. The van der Waals surface area contributed by atoms with Gasteiger partial charge in [0.2, 0.25) is 0 Å². The molecule has 0 amide bonds. The van der Waals surface area contributed by atoms with Crippen LogP contribution in [0.2, 0.25) is 5.15 Å². The Bertz CT molecular complexity index is 1510. The molecule has 0 saturated heterocycles. The van der Waals surface area contributed by atoms with Crippen LogP contribution in [0.3, 0.4) is 0 Å². The van der Waals surface area contributed by atoms with Crippen LogP contribution in [0.25, 0.3) is 22.6 Å². The summed E-state index contributed by atoms with van der Waals surface area (Å²) in [6.07, 6.45) is 2.03. The van der Waals surface area contributed by atoms with E-state index in [0.29, 0.717) is 53.2 Å². The molecular formula is C24H22ClIN7O2P. The minimum Gasteiger partial charge on any atom is -0.494 e. The molecule has 0 aliphatic carbocycles. The zero-order chi connectivity index (χ0) is 25.1. The van der Waals surface area contributed by atoms with Crippen molar-refractivity contribution in [2.24, 2.45) is 7.05 Å². The van der Waals surface area contributed by atoms with Crippen LogP contribution in [0, 0.1) is 0 Å². The van der Waals surface area contributed by atoms with Gasteiger partial charge in [0.05, 0.1) is 37.0 Å². The van der Waals surface area contributed by atoms with Crippen LogP contribution in [0.15, 0.2) is 60.9 Å². The number of nitrogens with one attached hydrogen (secondary N) is 1. The fraction of sp³-hybridized carbons (Fsp3) is 0.167. The van der Waals surface area contributed by atoms with Gasteiger partial charge in [0.25, 0.3) is 0 Å². The average Bonchev–Trinajstić information content (AvgIpc) is 3.47. The van der Waals surface area contributed by atoms with E-state index in [9.17, 15) is 0 Å². The van der Waals surface area contributed by atoms with Gasteiger partial charge < -0.3 is 14.8 Å². The number of anilines is 2. The van der Waals surface area contributed by atoms with E-state index in [1.165, 1.54) is 0 Å². The van der Waals surface area contributed by atoms with Crippen molar-refractivity contribution in [1.82, 2.24) is 29.1 Å². The third-order valence-electron chi connectivity index (χ3n) is 5.41. The summed E-state index contributed by atoms with van der Waals surface area (Å²) in [5.74, 6) is 1.97. The Kier molecular flexibility index (Phi) is 7.66. The van der Waals surface area contributed by atoms with Gasteiger partial charge in [0, 0.05) is 13.1 Å². The Morgan fingerprint density at radius 1 is 1.06 bits per heavy atom. The molecule has 0 saturated carbocycles. The van der Waals surface area contributed by atoms with Crippen LogP contribution in [0.1, 0.15) is 11.4 Å². The van der Waals surface area contributed by atoms with Crippen molar-refractivity contribution in [1.29, 1.82) is 0 Å². The molecule has 0 aliphatic rings. The van der Waals surface area contributed by atoms with Crippen molar-refractivity contribution >= 4 is 62.6 Å².